The van der Waals surface area contributed by atoms with Gasteiger partial charge in [0.1, 0.15) is 6.04 Å². The van der Waals surface area contributed by atoms with E-state index >= 15 is 0 Å². The van der Waals surface area contributed by atoms with Gasteiger partial charge in [-0.05, 0) is 20.8 Å². The van der Waals surface area contributed by atoms with Gasteiger partial charge in [-0.25, -0.2) is 0 Å². The predicted molar refractivity (Wildman–Crippen MR) is 58.7 cm³/mol. The summed E-state index contributed by atoms with van der Waals surface area (Å²) in [6.45, 7) is 5.89. The van der Waals surface area contributed by atoms with Crippen LogP contribution in [0.15, 0.2) is 4.42 Å². The number of aromatic nitrogens is 2. The highest BCUT2D eigenvalue weighted by molar-refractivity contribution is 5.83. The minimum Gasteiger partial charge on any atom is -0.406 e. The lowest BCUT2D eigenvalue weighted by atomic mass is 10.3. The lowest BCUT2D eigenvalue weighted by Crippen LogP contribution is -2.37. The molecule has 1 aromatic rings. The number of hydrogen-bond acceptors (Lipinski definition) is 6. The first-order valence-electron chi connectivity index (χ1n) is 5.17. The fourth-order valence-corrected chi connectivity index (χ4v) is 1.05. The number of nitrogens with one attached hydrogen (secondary N) is 2. The van der Waals surface area contributed by atoms with Crippen LogP contribution in [-0.2, 0) is 4.79 Å². The molecule has 0 spiro atoms. The van der Waals surface area contributed by atoms with E-state index in [0.29, 0.717) is 12.4 Å². The van der Waals surface area contributed by atoms with E-state index in [4.69, 9.17) is 10.2 Å². The fraction of sp³-hybridized carbons (Fsp3) is 0.667. The number of anilines is 1. The number of carbonyl (C=O) groups is 1. The molecule has 0 aliphatic carbocycles. The van der Waals surface area contributed by atoms with Gasteiger partial charge in [0.25, 0.3) is 0 Å². The molecule has 1 rings (SSSR count). The van der Waals surface area contributed by atoms with Crippen molar-refractivity contribution in [3.8, 4) is 0 Å². The average molecular weight is 227 g/mol. The van der Waals surface area contributed by atoms with Crippen LogP contribution < -0.4 is 16.4 Å². The molecule has 90 valence electrons. The first-order chi connectivity index (χ1) is 7.54. The molecule has 0 saturated carbocycles. The number of hydrogen-bond donors (Lipinski definition) is 3. The Labute approximate surface area is 93.8 Å². The van der Waals surface area contributed by atoms with Gasteiger partial charge in [-0.15, -0.1) is 5.10 Å². The molecular weight excluding hydrogens is 210 g/mol. The lowest BCUT2D eigenvalue weighted by molar-refractivity contribution is -0.121. The molecule has 2 unspecified atom stereocenters. The summed E-state index contributed by atoms with van der Waals surface area (Å²) in [7, 11) is 0. The highest BCUT2D eigenvalue weighted by atomic mass is 16.4. The third-order valence-corrected chi connectivity index (χ3v) is 1.91. The van der Waals surface area contributed by atoms with Gasteiger partial charge < -0.3 is 20.8 Å². The van der Waals surface area contributed by atoms with Crippen LogP contribution in [-0.4, -0.2) is 28.7 Å². The summed E-state index contributed by atoms with van der Waals surface area (Å²) < 4.78 is 5.21. The molecule has 7 heteroatoms. The van der Waals surface area contributed by atoms with Crippen LogP contribution in [0.3, 0.4) is 0 Å². The van der Waals surface area contributed by atoms with Crippen LogP contribution in [0.4, 0.5) is 6.01 Å². The van der Waals surface area contributed by atoms with E-state index in [9.17, 15) is 4.79 Å². The number of nitrogens with two attached hydrogens (primary N) is 1. The summed E-state index contributed by atoms with van der Waals surface area (Å²) in [5.41, 5.74) is 5.56. The van der Waals surface area contributed by atoms with Gasteiger partial charge >= 0.3 is 6.01 Å². The Hall–Kier alpha value is -1.63. The zero-order valence-electron chi connectivity index (χ0n) is 9.65. The van der Waals surface area contributed by atoms with Crippen molar-refractivity contribution < 1.29 is 9.21 Å². The maximum atomic E-state index is 11.4. The summed E-state index contributed by atoms with van der Waals surface area (Å²) in [4.78, 5) is 11.4. The molecule has 1 amide bonds. The lowest BCUT2D eigenvalue weighted by Gasteiger charge is -2.10. The molecule has 0 radical (unpaired) electrons. The van der Waals surface area contributed by atoms with E-state index in [-0.39, 0.29) is 18.0 Å². The Bertz CT molecular complexity index is 349. The zero-order valence-corrected chi connectivity index (χ0v) is 9.65. The van der Waals surface area contributed by atoms with Crippen molar-refractivity contribution in [2.75, 3.05) is 11.9 Å². The van der Waals surface area contributed by atoms with Crippen LogP contribution in [0.25, 0.3) is 0 Å². The zero-order chi connectivity index (χ0) is 12.1. The van der Waals surface area contributed by atoms with Crippen molar-refractivity contribution in [3.05, 3.63) is 5.89 Å². The largest absolute Gasteiger partial charge is 0.406 e. The summed E-state index contributed by atoms with van der Waals surface area (Å²) in [5.74, 6) is 0.216. The molecule has 0 fully saturated rings. The topological polar surface area (TPSA) is 106 Å². The van der Waals surface area contributed by atoms with E-state index in [1.165, 1.54) is 0 Å². The van der Waals surface area contributed by atoms with Gasteiger partial charge in [0.15, 0.2) is 0 Å². The molecule has 2 atom stereocenters. The van der Waals surface area contributed by atoms with E-state index in [2.05, 4.69) is 20.8 Å². The molecule has 0 saturated heterocycles. The number of rotatable bonds is 5. The van der Waals surface area contributed by atoms with Crippen molar-refractivity contribution in [1.29, 1.82) is 0 Å². The Morgan fingerprint density at radius 1 is 1.50 bits per heavy atom. The number of nitrogens with zero attached hydrogens (tertiary/aromatic N) is 2. The minimum atomic E-state index is -0.429. The highest BCUT2D eigenvalue weighted by Gasteiger charge is 2.15. The molecule has 0 aliphatic rings. The van der Waals surface area contributed by atoms with E-state index < -0.39 is 6.04 Å². The Kier molecular flexibility index (Phi) is 4.24. The smallest absolute Gasteiger partial charge is 0.316 e. The third-order valence-electron chi connectivity index (χ3n) is 1.91. The average Bonchev–Trinajstić information content (AvgIpc) is 2.66. The minimum absolute atomic E-state index is 0.122. The van der Waals surface area contributed by atoms with Gasteiger partial charge in [0.2, 0.25) is 11.8 Å². The van der Waals surface area contributed by atoms with Crippen LogP contribution in [0.5, 0.6) is 0 Å². The second-order valence-electron chi connectivity index (χ2n) is 3.49. The fourth-order valence-electron chi connectivity index (χ4n) is 1.05. The molecule has 4 N–H and O–H groups in total. The first-order valence-corrected chi connectivity index (χ1v) is 5.17. The monoisotopic (exact) mass is 227 g/mol. The number of likely N-dealkylation sites (N-methyl/N-ethyl adjacent to an activating group) is 1. The second-order valence-corrected chi connectivity index (χ2v) is 3.49. The van der Waals surface area contributed by atoms with Crippen LogP contribution in [0.2, 0.25) is 0 Å². The van der Waals surface area contributed by atoms with Crippen LogP contribution >= 0.6 is 0 Å². The first kappa shape index (κ1) is 12.4. The van der Waals surface area contributed by atoms with Crippen LogP contribution in [0, 0.1) is 0 Å². The molecule has 0 bridgehead atoms. The molecule has 7 nitrogen and oxygen atoms in total. The van der Waals surface area contributed by atoms with E-state index in [0.717, 1.165) is 0 Å². The quantitative estimate of drug-likeness (QED) is 0.655. The third kappa shape index (κ3) is 3.20. The normalized spacial score (nSPS) is 14.2. The van der Waals surface area contributed by atoms with Gasteiger partial charge in [-0.1, -0.05) is 5.10 Å². The highest BCUT2D eigenvalue weighted by Crippen LogP contribution is 2.11. The van der Waals surface area contributed by atoms with Gasteiger partial charge in [0, 0.05) is 6.54 Å². The Morgan fingerprint density at radius 2 is 2.19 bits per heavy atom. The number of carbonyl (C=O) groups excluding carboxylic acids is 1. The number of amides is 1. The van der Waals surface area contributed by atoms with Gasteiger partial charge in [0.05, 0.1) is 6.04 Å². The van der Waals surface area contributed by atoms with Crippen molar-refractivity contribution in [2.45, 2.75) is 32.9 Å². The maximum absolute atomic E-state index is 11.4. The standard InChI is InChI=1S/C9H17N5O2/c1-4-11-7(15)6(3)12-9-14-13-8(16-9)5(2)10/h5-6H,4,10H2,1-3H3,(H,11,15)(H,12,14). The Balaban J connectivity index is 2.55. The van der Waals surface area contributed by atoms with E-state index in [1.807, 2.05) is 6.92 Å². The summed E-state index contributed by atoms with van der Waals surface area (Å²) in [6.07, 6.45) is 0. The molecule has 16 heavy (non-hydrogen) atoms. The molecule has 0 aliphatic heterocycles. The Morgan fingerprint density at radius 3 is 2.69 bits per heavy atom. The predicted octanol–water partition coefficient (Wildman–Crippen LogP) is 0.0258. The maximum Gasteiger partial charge on any atom is 0.316 e. The summed E-state index contributed by atoms with van der Waals surface area (Å²) in [5, 5.41) is 12.9. The van der Waals surface area contributed by atoms with Gasteiger partial charge in [-0.3, -0.25) is 4.79 Å². The van der Waals surface area contributed by atoms with Crippen molar-refractivity contribution in [2.24, 2.45) is 5.73 Å². The molecule has 1 heterocycles. The van der Waals surface area contributed by atoms with Crippen molar-refractivity contribution >= 4 is 11.9 Å². The molecular formula is C9H17N5O2. The van der Waals surface area contributed by atoms with Gasteiger partial charge in [-0.2, -0.15) is 0 Å². The molecule has 0 aromatic carbocycles. The van der Waals surface area contributed by atoms with Crippen molar-refractivity contribution in [1.82, 2.24) is 15.5 Å². The van der Waals surface area contributed by atoms with Crippen LogP contribution in [0.1, 0.15) is 32.7 Å². The second kappa shape index (κ2) is 5.45. The summed E-state index contributed by atoms with van der Waals surface area (Å²) in [6, 6.07) is -0.546. The summed E-state index contributed by atoms with van der Waals surface area (Å²) >= 11 is 0. The van der Waals surface area contributed by atoms with Crippen molar-refractivity contribution in [3.63, 3.8) is 0 Å². The van der Waals surface area contributed by atoms with E-state index in [1.54, 1.807) is 13.8 Å². The SMILES string of the molecule is CCNC(=O)C(C)Nc1nnc(C(C)N)o1. The molecule has 1 aromatic heterocycles.